The van der Waals surface area contributed by atoms with Crippen LogP contribution < -0.4 is 14.4 Å². The second-order valence-electron chi connectivity index (χ2n) is 9.05. The minimum absolute atomic E-state index is 0.00182. The number of rotatable bonds is 5. The van der Waals surface area contributed by atoms with Gasteiger partial charge in [0.25, 0.3) is 0 Å². The number of benzene rings is 2. The summed E-state index contributed by atoms with van der Waals surface area (Å²) in [7, 11) is 2.90. The van der Waals surface area contributed by atoms with Crippen molar-refractivity contribution in [3.05, 3.63) is 41.6 Å². The zero-order valence-electron chi connectivity index (χ0n) is 21.3. The largest absolute Gasteiger partial charge is 0.480 e. The Morgan fingerprint density at radius 3 is 2.71 bits per heavy atom. The number of aromatic amines is 1. The zero-order chi connectivity index (χ0) is 26.4. The quantitative estimate of drug-likeness (QED) is 0.353. The monoisotopic (exact) mass is 520 g/mol. The first-order valence-electron chi connectivity index (χ1n) is 12.4. The van der Waals surface area contributed by atoms with Gasteiger partial charge in [-0.15, -0.1) is 0 Å². The molecule has 0 spiro atoms. The highest BCUT2D eigenvalue weighted by Gasteiger charge is 2.28. The molecule has 0 aliphatic carbocycles. The van der Waals surface area contributed by atoms with Crippen LogP contribution in [0.25, 0.3) is 43.8 Å². The molecule has 1 N–H and O–H groups in total. The van der Waals surface area contributed by atoms with Gasteiger partial charge >= 0.3 is 6.01 Å². The number of ether oxygens (including phenoxy) is 3. The molecular formula is C27H26F2N6O3. The van der Waals surface area contributed by atoms with Crippen LogP contribution in [0.3, 0.4) is 0 Å². The van der Waals surface area contributed by atoms with Crippen LogP contribution in [0.5, 0.6) is 11.9 Å². The van der Waals surface area contributed by atoms with Crippen LogP contribution in [0.15, 0.2) is 24.4 Å². The molecular weight excluding hydrogens is 494 g/mol. The molecule has 11 heteroatoms. The summed E-state index contributed by atoms with van der Waals surface area (Å²) in [5, 5.41) is 9.37. The average Bonchev–Trinajstić information content (AvgIpc) is 3.24. The first kappa shape index (κ1) is 24.2. The predicted molar refractivity (Wildman–Crippen MR) is 140 cm³/mol. The lowest BCUT2D eigenvalue weighted by atomic mass is 9.92. The van der Waals surface area contributed by atoms with Gasteiger partial charge in [-0.3, -0.25) is 5.10 Å². The van der Waals surface area contributed by atoms with Gasteiger partial charge in [0, 0.05) is 30.6 Å². The Labute approximate surface area is 216 Å². The van der Waals surface area contributed by atoms with Crippen molar-refractivity contribution in [3.8, 4) is 23.1 Å². The Bertz CT molecular complexity index is 1680. The number of aryl methyl sites for hydroxylation is 1. The highest BCUT2D eigenvalue weighted by atomic mass is 19.1. The molecule has 0 bridgehead atoms. The number of nitrogens with one attached hydrogen (secondary N) is 1. The topological polar surface area (TPSA) is 98.3 Å². The van der Waals surface area contributed by atoms with Gasteiger partial charge in [0.15, 0.2) is 5.82 Å². The average molecular weight is 521 g/mol. The molecule has 1 aliphatic rings. The van der Waals surface area contributed by atoms with Crippen molar-refractivity contribution in [1.82, 2.24) is 25.1 Å². The van der Waals surface area contributed by atoms with E-state index in [4.69, 9.17) is 14.2 Å². The fourth-order valence-corrected chi connectivity index (χ4v) is 5.24. The van der Waals surface area contributed by atoms with Crippen LogP contribution in [-0.4, -0.2) is 65.7 Å². The number of pyridine rings is 1. The molecule has 3 aromatic heterocycles. The number of nitrogens with zero attached hydrogens (tertiary/aromatic N) is 5. The van der Waals surface area contributed by atoms with Crippen LogP contribution in [0, 0.1) is 11.6 Å². The number of H-pyrrole nitrogens is 1. The lowest BCUT2D eigenvalue weighted by Crippen LogP contribution is -2.27. The molecule has 0 unspecified atom stereocenters. The molecule has 6 rings (SSSR count). The molecule has 0 saturated carbocycles. The Morgan fingerprint density at radius 1 is 1.05 bits per heavy atom. The molecule has 0 amide bonds. The number of aromatic nitrogens is 5. The highest BCUT2D eigenvalue weighted by molar-refractivity contribution is 6.13. The first-order valence-corrected chi connectivity index (χ1v) is 12.4. The number of hydrogen-bond donors (Lipinski definition) is 1. The van der Waals surface area contributed by atoms with Gasteiger partial charge in [-0.2, -0.15) is 15.1 Å². The van der Waals surface area contributed by atoms with E-state index < -0.39 is 5.82 Å². The van der Waals surface area contributed by atoms with Crippen LogP contribution >= 0.6 is 0 Å². The van der Waals surface area contributed by atoms with E-state index in [2.05, 4.69) is 25.1 Å². The van der Waals surface area contributed by atoms with Crippen molar-refractivity contribution in [1.29, 1.82) is 0 Å². The summed E-state index contributed by atoms with van der Waals surface area (Å²) in [6, 6.07) is 4.99. The van der Waals surface area contributed by atoms with Gasteiger partial charge in [-0.25, -0.2) is 13.8 Å². The second-order valence-corrected chi connectivity index (χ2v) is 9.05. The SMILES string of the molecule is CCc1c(F)ccc2cc3[nH]ncc3c(-c3nc(OC)c4c(N5CCCOCC5)nc(OC)nc4c3F)c12. The second kappa shape index (κ2) is 9.64. The molecule has 2 aromatic carbocycles. The summed E-state index contributed by atoms with van der Waals surface area (Å²) in [4.78, 5) is 15.6. The number of anilines is 1. The maximum Gasteiger partial charge on any atom is 0.318 e. The Morgan fingerprint density at radius 2 is 1.92 bits per heavy atom. The van der Waals surface area contributed by atoms with Gasteiger partial charge < -0.3 is 19.1 Å². The molecule has 0 radical (unpaired) electrons. The number of hydrogen-bond acceptors (Lipinski definition) is 8. The van der Waals surface area contributed by atoms with Crippen molar-refractivity contribution in [2.45, 2.75) is 19.8 Å². The van der Waals surface area contributed by atoms with E-state index in [0.29, 0.717) is 71.3 Å². The third kappa shape index (κ3) is 3.76. The highest BCUT2D eigenvalue weighted by Crippen LogP contribution is 2.43. The van der Waals surface area contributed by atoms with Crippen molar-refractivity contribution < 1.29 is 23.0 Å². The molecule has 38 heavy (non-hydrogen) atoms. The summed E-state index contributed by atoms with van der Waals surface area (Å²) in [6.07, 6.45) is 2.78. The predicted octanol–water partition coefficient (Wildman–Crippen LogP) is 4.81. The number of halogens is 2. The van der Waals surface area contributed by atoms with Gasteiger partial charge in [-0.05, 0) is 41.3 Å². The molecule has 9 nitrogen and oxygen atoms in total. The van der Waals surface area contributed by atoms with E-state index in [1.54, 1.807) is 12.3 Å². The van der Waals surface area contributed by atoms with Crippen LogP contribution in [0.2, 0.25) is 0 Å². The molecule has 5 aromatic rings. The van der Waals surface area contributed by atoms with E-state index in [0.717, 1.165) is 11.8 Å². The Kier molecular flexibility index (Phi) is 6.15. The van der Waals surface area contributed by atoms with Crippen molar-refractivity contribution >= 4 is 38.4 Å². The standard InChI is InChI=1S/C27H26F2N6O3/c1-4-15-17(28)7-6-14-12-18-16(13-30-34-18)20(19(14)15)23-22(29)24-21(26(31-23)36-2)25(33-27(32-24)37-3)35-8-5-10-38-11-9-35/h6-7,12-13H,4-5,8-11H2,1-3H3,(H,30,34). The van der Waals surface area contributed by atoms with Crippen molar-refractivity contribution in [3.63, 3.8) is 0 Å². The number of fused-ring (bicyclic) bond motifs is 3. The zero-order valence-corrected chi connectivity index (χ0v) is 21.3. The molecule has 0 atom stereocenters. The van der Waals surface area contributed by atoms with E-state index in [-0.39, 0.29) is 28.9 Å². The molecule has 196 valence electrons. The lowest BCUT2D eigenvalue weighted by molar-refractivity contribution is 0.152. The normalized spacial score (nSPS) is 14.4. The van der Waals surface area contributed by atoms with Gasteiger partial charge in [0.2, 0.25) is 5.88 Å². The maximum atomic E-state index is 16.7. The van der Waals surface area contributed by atoms with Crippen LogP contribution in [-0.2, 0) is 11.2 Å². The molecule has 1 fully saturated rings. The van der Waals surface area contributed by atoms with E-state index >= 15 is 8.78 Å². The Balaban J connectivity index is 1.73. The molecule has 4 heterocycles. The van der Waals surface area contributed by atoms with Gasteiger partial charge in [0.05, 0.1) is 32.5 Å². The summed E-state index contributed by atoms with van der Waals surface area (Å²) in [5.74, 6) is -0.441. The van der Waals surface area contributed by atoms with Gasteiger partial charge in [-0.1, -0.05) is 13.0 Å². The van der Waals surface area contributed by atoms with Crippen LogP contribution in [0.4, 0.5) is 14.6 Å². The smallest absolute Gasteiger partial charge is 0.318 e. The van der Waals surface area contributed by atoms with Crippen molar-refractivity contribution in [2.24, 2.45) is 0 Å². The Hall–Kier alpha value is -4.12. The first-order chi connectivity index (χ1) is 18.5. The summed E-state index contributed by atoms with van der Waals surface area (Å²) < 4.78 is 48.4. The molecule has 1 aliphatic heterocycles. The van der Waals surface area contributed by atoms with E-state index in [1.165, 1.54) is 20.3 Å². The third-order valence-electron chi connectivity index (χ3n) is 6.98. The van der Waals surface area contributed by atoms with Crippen LogP contribution in [0.1, 0.15) is 18.9 Å². The van der Waals surface area contributed by atoms with E-state index in [9.17, 15) is 0 Å². The fraction of sp³-hybridized carbons (Fsp3) is 0.333. The molecule has 1 saturated heterocycles. The fourth-order valence-electron chi connectivity index (χ4n) is 5.24. The maximum absolute atomic E-state index is 16.7. The number of methoxy groups -OCH3 is 2. The van der Waals surface area contributed by atoms with Gasteiger partial charge in [0.1, 0.15) is 28.2 Å². The van der Waals surface area contributed by atoms with E-state index in [1.807, 2.05) is 17.9 Å². The van der Waals surface area contributed by atoms with Crippen molar-refractivity contribution in [2.75, 3.05) is 45.4 Å². The lowest BCUT2D eigenvalue weighted by Gasteiger charge is -2.23. The minimum Gasteiger partial charge on any atom is -0.480 e. The minimum atomic E-state index is -0.685. The summed E-state index contributed by atoms with van der Waals surface area (Å²) >= 11 is 0. The summed E-state index contributed by atoms with van der Waals surface area (Å²) in [6.45, 7) is 4.20. The third-order valence-corrected chi connectivity index (χ3v) is 6.98. The summed E-state index contributed by atoms with van der Waals surface area (Å²) in [5.41, 5.74) is 1.54.